The topological polar surface area (TPSA) is 49.4 Å². The molecule has 1 atom stereocenters. The first kappa shape index (κ1) is 19.0. The van der Waals surface area contributed by atoms with Crippen LogP contribution in [0.1, 0.15) is 40.6 Å². The number of amides is 2. The normalized spacial score (nSPS) is 14.7. The number of thiophene rings is 1. The maximum atomic E-state index is 13.5. The number of benzene rings is 1. The first-order valence-electron chi connectivity index (χ1n) is 8.59. The monoisotopic (exact) mass is 438 g/mol. The van der Waals surface area contributed by atoms with Gasteiger partial charge >= 0.3 is 0 Å². The van der Waals surface area contributed by atoms with Gasteiger partial charge in [-0.15, -0.1) is 11.3 Å². The van der Waals surface area contributed by atoms with E-state index in [1.807, 2.05) is 12.3 Å². The fourth-order valence-corrected chi connectivity index (χ4v) is 4.43. The first-order valence-corrected chi connectivity index (χ1v) is 10.3. The molecule has 7 heteroatoms. The van der Waals surface area contributed by atoms with E-state index in [1.54, 1.807) is 16.2 Å². The molecule has 2 aromatic rings. The van der Waals surface area contributed by atoms with E-state index in [9.17, 15) is 14.0 Å². The molecule has 0 fully saturated rings. The molecule has 0 saturated heterocycles. The zero-order valence-electron chi connectivity index (χ0n) is 14.4. The van der Waals surface area contributed by atoms with Crippen molar-refractivity contribution < 1.29 is 14.0 Å². The molecule has 4 nitrogen and oxygen atoms in total. The van der Waals surface area contributed by atoms with E-state index >= 15 is 0 Å². The highest BCUT2D eigenvalue weighted by molar-refractivity contribution is 9.10. The van der Waals surface area contributed by atoms with Crippen LogP contribution in [0.3, 0.4) is 0 Å². The van der Waals surface area contributed by atoms with Crippen molar-refractivity contribution in [2.24, 2.45) is 0 Å². The summed E-state index contributed by atoms with van der Waals surface area (Å²) in [6.45, 7) is 3.21. The molecule has 0 radical (unpaired) electrons. The molecule has 1 aromatic heterocycles. The summed E-state index contributed by atoms with van der Waals surface area (Å²) in [6.07, 6.45) is 2.16. The third-order valence-electron chi connectivity index (χ3n) is 4.47. The van der Waals surface area contributed by atoms with Crippen LogP contribution in [0.2, 0.25) is 0 Å². The second-order valence-electron chi connectivity index (χ2n) is 6.32. The smallest absolute Gasteiger partial charge is 0.253 e. The van der Waals surface area contributed by atoms with E-state index in [-0.39, 0.29) is 11.5 Å². The average Bonchev–Trinajstić information content (AvgIpc) is 3.10. The molecule has 0 bridgehead atoms. The molecule has 2 amide bonds. The van der Waals surface area contributed by atoms with Gasteiger partial charge in [0.05, 0.1) is 5.56 Å². The molecule has 26 heavy (non-hydrogen) atoms. The summed E-state index contributed by atoms with van der Waals surface area (Å²) in [5, 5.41) is 4.84. The number of rotatable bonds is 5. The predicted octanol–water partition coefficient (Wildman–Crippen LogP) is 4.13. The SMILES string of the molecule is CCCC(NC(=O)c1cc(F)ccc1Br)C(=O)N1CCc2sccc2C1. The lowest BCUT2D eigenvalue weighted by Crippen LogP contribution is -2.49. The number of halogens is 2. The van der Waals surface area contributed by atoms with Gasteiger partial charge in [-0.2, -0.15) is 0 Å². The molecule has 1 aromatic carbocycles. The molecule has 1 N–H and O–H groups in total. The van der Waals surface area contributed by atoms with Gasteiger partial charge in [-0.05, 0) is 64.0 Å². The average molecular weight is 439 g/mol. The van der Waals surface area contributed by atoms with Crippen LogP contribution in [0, 0.1) is 5.82 Å². The number of nitrogens with zero attached hydrogens (tertiary/aromatic N) is 1. The van der Waals surface area contributed by atoms with Crippen molar-refractivity contribution in [1.29, 1.82) is 0 Å². The third kappa shape index (κ3) is 4.15. The van der Waals surface area contributed by atoms with Crippen LogP contribution in [0.15, 0.2) is 34.1 Å². The maximum absolute atomic E-state index is 13.5. The molecule has 0 aliphatic carbocycles. The van der Waals surface area contributed by atoms with E-state index in [0.717, 1.165) is 12.8 Å². The fourth-order valence-electron chi connectivity index (χ4n) is 3.11. The molecule has 3 rings (SSSR count). The molecule has 138 valence electrons. The second kappa shape index (κ2) is 8.31. The van der Waals surface area contributed by atoms with Crippen LogP contribution in [-0.4, -0.2) is 29.3 Å². The number of fused-ring (bicyclic) bond motifs is 1. The first-order chi connectivity index (χ1) is 12.5. The molecular formula is C19H20BrFN2O2S. The Morgan fingerprint density at radius 3 is 2.96 bits per heavy atom. The van der Waals surface area contributed by atoms with Crippen LogP contribution < -0.4 is 5.32 Å². The second-order valence-corrected chi connectivity index (χ2v) is 8.17. The fraction of sp³-hybridized carbons (Fsp3) is 0.368. The summed E-state index contributed by atoms with van der Waals surface area (Å²) in [4.78, 5) is 28.7. The van der Waals surface area contributed by atoms with Crippen molar-refractivity contribution in [2.45, 2.75) is 38.8 Å². The largest absolute Gasteiger partial charge is 0.340 e. The lowest BCUT2D eigenvalue weighted by Gasteiger charge is -2.31. The van der Waals surface area contributed by atoms with Gasteiger partial charge in [0.25, 0.3) is 5.91 Å². The van der Waals surface area contributed by atoms with Gasteiger partial charge in [0.2, 0.25) is 5.91 Å². The van der Waals surface area contributed by atoms with Crippen LogP contribution in [-0.2, 0) is 17.8 Å². The van der Waals surface area contributed by atoms with Gasteiger partial charge in [-0.3, -0.25) is 9.59 Å². The lowest BCUT2D eigenvalue weighted by molar-refractivity contribution is -0.134. The van der Waals surface area contributed by atoms with E-state index in [1.165, 1.54) is 28.6 Å². The highest BCUT2D eigenvalue weighted by Crippen LogP contribution is 2.25. The van der Waals surface area contributed by atoms with Crippen molar-refractivity contribution in [3.05, 3.63) is 55.9 Å². The van der Waals surface area contributed by atoms with Gasteiger partial charge in [-0.25, -0.2) is 4.39 Å². The number of hydrogen-bond acceptors (Lipinski definition) is 3. The standard InChI is InChI=1S/C19H20BrFN2O2S/c1-2-3-16(22-18(24)14-10-13(21)4-5-15(14)20)19(25)23-8-6-17-12(11-23)7-9-26-17/h4-5,7,9-10,16H,2-3,6,8,11H2,1H3,(H,22,24). The Bertz CT molecular complexity index is 824. The van der Waals surface area contributed by atoms with Gasteiger partial charge in [-0.1, -0.05) is 13.3 Å². The molecule has 1 aliphatic heterocycles. The van der Waals surface area contributed by atoms with Crippen LogP contribution in [0.5, 0.6) is 0 Å². The minimum Gasteiger partial charge on any atom is -0.340 e. The minimum atomic E-state index is -0.608. The van der Waals surface area contributed by atoms with Gasteiger partial charge in [0, 0.05) is 22.4 Å². The summed E-state index contributed by atoms with van der Waals surface area (Å²) in [7, 11) is 0. The van der Waals surface area contributed by atoms with E-state index in [4.69, 9.17) is 0 Å². The summed E-state index contributed by atoms with van der Waals surface area (Å²) in [5.41, 5.74) is 1.38. The molecule has 0 saturated carbocycles. The van der Waals surface area contributed by atoms with Crippen molar-refractivity contribution in [3.63, 3.8) is 0 Å². The highest BCUT2D eigenvalue weighted by Gasteiger charge is 2.29. The Balaban J connectivity index is 1.73. The summed E-state index contributed by atoms with van der Waals surface area (Å²) in [5.74, 6) is -1.02. The Kier molecular flexibility index (Phi) is 6.09. The van der Waals surface area contributed by atoms with Crippen molar-refractivity contribution >= 4 is 39.1 Å². The van der Waals surface area contributed by atoms with Crippen molar-refractivity contribution in [3.8, 4) is 0 Å². The molecule has 2 heterocycles. The summed E-state index contributed by atoms with van der Waals surface area (Å²) >= 11 is 4.99. The summed E-state index contributed by atoms with van der Waals surface area (Å²) < 4.78 is 14.0. The van der Waals surface area contributed by atoms with Crippen LogP contribution in [0.25, 0.3) is 0 Å². The van der Waals surface area contributed by atoms with Gasteiger partial charge in [0.15, 0.2) is 0 Å². The Labute approximate surface area is 164 Å². The van der Waals surface area contributed by atoms with Gasteiger partial charge in [0.1, 0.15) is 11.9 Å². The predicted molar refractivity (Wildman–Crippen MR) is 104 cm³/mol. The number of carbonyl (C=O) groups excluding carboxylic acids is 2. The van der Waals surface area contributed by atoms with E-state index < -0.39 is 17.8 Å². The molecule has 1 unspecified atom stereocenters. The van der Waals surface area contributed by atoms with Crippen molar-refractivity contribution in [1.82, 2.24) is 10.2 Å². The Hall–Kier alpha value is -1.73. The highest BCUT2D eigenvalue weighted by atomic mass is 79.9. The molecule has 1 aliphatic rings. The number of carbonyl (C=O) groups is 2. The van der Waals surface area contributed by atoms with Crippen LogP contribution >= 0.6 is 27.3 Å². The third-order valence-corrected chi connectivity index (χ3v) is 6.19. The molecule has 0 spiro atoms. The van der Waals surface area contributed by atoms with Gasteiger partial charge < -0.3 is 10.2 Å². The Morgan fingerprint density at radius 1 is 1.38 bits per heavy atom. The number of nitrogens with one attached hydrogen (secondary N) is 1. The van der Waals surface area contributed by atoms with Crippen molar-refractivity contribution in [2.75, 3.05) is 6.54 Å². The summed E-state index contributed by atoms with van der Waals surface area (Å²) in [6, 6.07) is 5.39. The lowest BCUT2D eigenvalue weighted by atomic mass is 10.1. The Morgan fingerprint density at radius 2 is 2.19 bits per heavy atom. The zero-order chi connectivity index (χ0) is 18.7. The molecular weight excluding hydrogens is 419 g/mol. The van der Waals surface area contributed by atoms with E-state index in [0.29, 0.717) is 24.0 Å². The maximum Gasteiger partial charge on any atom is 0.253 e. The minimum absolute atomic E-state index is 0.0791. The zero-order valence-corrected chi connectivity index (χ0v) is 16.8. The van der Waals surface area contributed by atoms with E-state index in [2.05, 4.69) is 27.3 Å². The number of hydrogen-bond donors (Lipinski definition) is 1. The quantitative estimate of drug-likeness (QED) is 0.762. The van der Waals surface area contributed by atoms with Crippen LogP contribution in [0.4, 0.5) is 4.39 Å².